The minimum atomic E-state index is -0.655. The first-order chi connectivity index (χ1) is 16.5. The van der Waals surface area contributed by atoms with Gasteiger partial charge in [-0.15, -0.1) is 0 Å². The Morgan fingerprint density at radius 2 is 1.89 bits per heavy atom. The van der Waals surface area contributed by atoms with Crippen molar-refractivity contribution in [3.8, 4) is 0 Å². The van der Waals surface area contributed by atoms with Crippen molar-refractivity contribution in [1.29, 1.82) is 0 Å². The third-order valence-electron chi connectivity index (χ3n) is 6.04. The van der Waals surface area contributed by atoms with E-state index in [2.05, 4.69) is 15.4 Å². The molecule has 188 valence electrons. The zero-order valence-corrected chi connectivity index (χ0v) is 20.7. The maximum absolute atomic E-state index is 14.8. The lowest BCUT2D eigenvalue weighted by Crippen LogP contribution is -2.46. The van der Waals surface area contributed by atoms with E-state index in [1.54, 1.807) is 35.0 Å². The number of hydrazone groups is 1. The summed E-state index contributed by atoms with van der Waals surface area (Å²) in [5, 5.41) is 7.70. The summed E-state index contributed by atoms with van der Waals surface area (Å²) in [5.74, 6) is 10.7. The van der Waals surface area contributed by atoms with Gasteiger partial charge in [0.15, 0.2) is 5.84 Å². The summed E-state index contributed by atoms with van der Waals surface area (Å²) in [6.45, 7) is 8.40. The lowest BCUT2D eigenvalue weighted by atomic mass is 9.96. The average molecular weight is 485 g/mol. The van der Waals surface area contributed by atoms with Gasteiger partial charge in [-0.05, 0) is 69.5 Å². The number of nitrogens with zero attached hydrogens (tertiary/aromatic N) is 5. The molecule has 2 aromatic rings. The van der Waals surface area contributed by atoms with E-state index >= 15 is 0 Å². The summed E-state index contributed by atoms with van der Waals surface area (Å²) in [6.07, 6.45) is 0.516. The number of fused-ring (bicyclic) bond motifs is 1. The van der Waals surface area contributed by atoms with Crippen molar-refractivity contribution in [1.82, 2.24) is 19.8 Å². The molecule has 10 nitrogen and oxygen atoms in total. The van der Waals surface area contributed by atoms with E-state index in [1.807, 2.05) is 27.7 Å². The van der Waals surface area contributed by atoms with Crippen LogP contribution in [0.15, 0.2) is 35.4 Å². The van der Waals surface area contributed by atoms with Crippen LogP contribution in [0.4, 0.5) is 15.0 Å². The van der Waals surface area contributed by atoms with E-state index in [1.165, 1.54) is 17.1 Å². The van der Waals surface area contributed by atoms with Crippen LogP contribution < -0.4 is 17.0 Å². The van der Waals surface area contributed by atoms with Gasteiger partial charge in [-0.2, -0.15) is 5.10 Å². The molecule has 1 aliphatic rings. The Labute approximate surface area is 204 Å². The zero-order valence-electron chi connectivity index (χ0n) is 20.7. The number of aromatic nitrogens is 1. The van der Waals surface area contributed by atoms with Gasteiger partial charge < -0.3 is 21.0 Å². The molecule has 1 aromatic heterocycles. The van der Waals surface area contributed by atoms with E-state index in [9.17, 15) is 14.0 Å². The van der Waals surface area contributed by atoms with Gasteiger partial charge in [-0.3, -0.25) is 9.80 Å². The molecule has 5 N–H and O–H groups in total. The average Bonchev–Trinajstić information content (AvgIpc) is 2.82. The fraction of sp³-hybridized carbons (Fsp3) is 0.417. The van der Waals surface area contributed by atoms with Crippen LogP contribution in [0.1, 0.15) is 54.9 Å². The molecule has 11 heteroatoms. The van der Waals surface area contributed by atoms with Crippen molar-refractivity contribution in [2.75, 3.05) is 18.9 Å². The van der Waals surface area contributed by atoms with Crippen LogP contribution in [0.2, 0.25) is 0 Å². The van der Waals surface area contributed by atoms with Crippen LogP contribution in [0.5, 0.6) is 0 Å². The number of amidine groups is 1. The molecule has 1 aromatic carbocycles. The van der Waals surface area contributed by atoms with Gasteiger partial charge in [0.25, 0.3) is 5.91 Å². The van der Waals surface area contributed by atoms with Gasteiger partial charge in [0.1, 0.15) is 17.3 Å². The maximum Gasteiger partial charge on any atom is 0.320 e. The highest BCUT2D eigenvalue weighted by Gasteiger charge is 2.26. The fourth-order valence-corrected chi connectivity index (χ4v) is 3.68. The Balaban J connectivity index is 1.82. The predicted octanol–water partition coefficient (Wildman–Crippen LogP) is 2.50. The number of urea groups is 1. The summed E-state index contributed by atoms with van der Waals surface area (Å²) in [5.41, 5.74) is 1.76. The molecule has 1 aliphatic heterocycles. The number of benzene rings is 1. The third kappa shape index (κ3) is 5.68. The van der Waals surface area contributed by atoms with Gasteiger partial charge >= 0.3 is 6.03 Å². The number of pyridine rings is 1. The molecule has 0 spiro atoms. The van der Waals surface area contributed by atoms with Crippen molar-refractivity contribution in [2.45, 2.75) is 52.7 Å². The molecule has 0 bridgehead atoms. The molecule has 0 atom stereocenters. The highest BCUT2D eigenvalue weighted by atomic mass is 19.1. The highest BCUT2D eigenvalue weighted by Crippen LogP contribution is 2.24. The zero-order chi connectivity index (χ0) is 25.9. The molecule has 0 aliphatic carbocycles. The van der Waals surface area contributed by atoms with Crippen LogP contribution in [0.3, 0.4) is 0 Å². The second-order valence-electron chi connectivity index (χ2n) is 9.08. The number of nitrogens with two attached hydrogens (primary N) is 2. The Hall–Kier alpha value is -3.73. The first-order valence-corrected chi connectivity index (χ1v) is 11.5. The summed E-state index contributed by atoms with van der Waals surface area (Å²) >= 11 is 0. The van der Waals surface area contributed by atoms with Crippen LogP contribution in [-0.4, -0.2) is 63.2 Å². The predicted molar refractivity (Wildman–Crippen MR) is 133 cm³/mol. The normalized spacial score (nSPS) is 13.6. The number of hydrazine groups is 1. The van der Waals surface area contributed by atoms with Crippen LogP contribution in [0, 0.1) is 5.82 Å². The van der Waals surface area contributed by atoms with Crippen LogP contribution in [-0.2, 0) is 13.0 Å². The van der Waals surface area contributed by atoms with E-state index in [0.717, 1.165) is 11.1 Å². The van der Waals surface area contributed by atoms with E-state index < -0.39 is 11.7 Å². The van der Waals surface area contributed by atoms with E-state index in [-0.39, 0.29) is 35.3 Å². The number of amides is 3. The smallest absolute Gasteiger partial charge is 0.320 e. The standard InChI is InChI=1S/C24H33FN8O2/c1-14(2)31(5)24(35)32-10-9-16-12-19(25)18(11-17(16)13-32)23(34)29-21-8-6-7-20(28-21)22(30-26)33(27)15(3)4/h6-8,11-12,14-15H,9-10,13,26-27H2,1-5H3,(H,28,29,34)/b30-22-. The number of nitrogens with one attached hydrogen (secondary N) is 1. The van der Waals surface area contributed by atoms with Crippen molar-refractivity contribution < 1.29 is 14.0 Å². The number of carbonyl (C=O) groups excluding carboxylic acids is 2. The second kappa shape index (κ2) is 10.7. The minimum Gasteiger partial charge on any atom is -0.325 e. The number of carbonyl (C=O) groups is 2. The molecule has 3 amide bonds. The van der Waals surface area contributed by atoms with Crippen molar-refractivity contribution >= 4 is 23.6 Å². The van der Waals surface area contributed by atoms with Crippen LogP contribution >= 0.6 is 0 Å². The quantitative estimate of drug-likeness (QED) is 0.258. The monoisotopic (exact) mass is 484 g/mol. The minimum absolute atomic E-state index is 0.0541. The van der Waals surface area contributed by atoms with Gasteiger partial charge in [-0.25, -0.2) is 20.0 Å². The molecule has 3 rings (SSSR count). The lowest BCUT2D eigenvalue weighted by Gasteiger charge is -2.34. The summed E-state index contributed by atoms with van der Waals surface area (Å²) < 4.78 is 14.8. The largest absolute Gasteiger partial charge is 0.325 e. The molecule has 0 radical (unpaired) electrons. The van der Waals surface area contributed by atoms with Gasteiger partial charge in [0.05, 0.1) is 5.56 Å². The molecular weight excluding hydrogens is 451 g/mol. The number of halogens is 1. The SMILES string of the molecule is CC(C)N(C)C(=O)N1CCc2cc(F)c(C(=O)Nc3cccc(/C(=N/N)N(N)C(C)C)n3)cc2C1. The molecule has 0 saturated heterocycles. The molecular formula is C24H33FN8O2. The van der Waals surface area contributed by atoms with Gasteiger partial charge in [0, 0.05) is 32.2 Å². The van der Waals surface area contributed by atoms with Gasteiger partial charge in [-0.1, -0.05) is 6.07 Å². The number of anilines is 1. The number of hydrogen-bond donors (Lipinski definition) is 3. The van der Waals surface area contributed by atoms with Crippen LogP contribution in [0.25, 0.3) is 0 Å². The van der Waals surface area contributed by atoms with Gasteiger partial charge in [0.2, 0.25) is 0 Å². The molecule has 35 heavy (non-hydrogen) atoms. The Morgan fingerprint density at radius 1 is 1.17 bits per heavy atom. The maximum atomic E-state index is 14.8. The highest BCUT2D eigenvalue weighted by molar-refractivity contribution is 6.04. The number of rotatable bonds is 5. The first kappa shape index (κ1) is 25.9. The first-order valence-electron chi connectivity index (χ1n) is 11.5. The Morgan fingerprint density at radius 3 is 2.51 bits per heavy atom. The Bertz CT molecular complexity index is 1130. The van der Waals surface area contributed by atoms with Crippen molar-refractivity contribution in [3.05, 3.63) is 58.5 Å². The van der Waals surface area contributed by atoms with E-state index in [4.69, 9.17) is 11.7 Å². The second-order valence-corrected chi connectivity index (χ2v) is 9.08. The molecule has 2 heterocycles. The summed E-state index contributed by atoms with van der Waals surface area (Å²) in [4.78, 5) is 33.4. The molecule has 0 unspecified atom stereocenters. The summed E-state index contributed by atoms with van der Waals surface area (Å²) in [6, 6.07) is 7.63. The topological polar surface area (TPSA) is 133 Å². The van der Waals surface area contributed by atoms with Crippen molar-refractivity contribution in [3.63, 3.8) is 0 Å². The summed E-state index contributed by atoms with van der Waals surface area (Å²) in [7, 11) is 1.75. The van der Waals surface area contributed by atoms with Crippen molar-refractivity contribution in [2.24, 2.45) is 16.8 Å². The molecule has 0 saturated carbocycles. The Kier molecular flexibility index (Phi) is 7.90. The lowest BCUT2D eigenvalue weighted by molar-refractivity contribution is 0.102. The number of hydrogen-bond acceptors (Lipinski definition) is 6. The third-order valence-corrected chi connectivity index (χ3v) is 6.04. The van der Waals surface area contributed by atoms with E-state index in [0.29, 0.717) is 25.2 Å². The molecule has 0 fully saturated rings. The fourth-order valence-electron chi connectivity index (χ4n) is 3.68.